The van der Waals surface area contributed by atoms with E-state index in [1.165, 1.54) is 11.8 Å². The smallest absolute Gasteiger partial charge is 0.227 e. The first kappa shape index (κ1) is 18.4. The maximum absolute atomic E-state index is 12.2. The Balaban J connectivity index is 1.28. The van der Waals surface area contributed by atoms with E-state index in [9.17, 15) is 4.79 Å². The van der Waals surface area contributed by atoms with Crippen LogP contribution in [-0.4, -0.2) is 30.8 Å². The number of rotatable bonds is 7. The minimum absolute atomic E-state index is 0.107. The minimum Gasteiger partial charge on any atom is -0.339 e. The number of amides is 1. The maximum Gasteiger partial charge on any atom is 0.227 e. The summed E-state index contributed by atoms with van der Waals surface area (Å²) in [5.74, 6) is 0.892. The highest BCUT2D eigenvalue weighted by Crippen LogP contribution is 2.26. The van der Waals surface area contributed by atoms with Gasteiger partial charge in [-0.3, -0.25) is 4.79 Å². The largest absolute Gasteiger partial charge is 0.339 e. The third-order valence-electron chi connectivity index (χ3n) is 3.83. The second-order valence-corrected chi connectivity index (χ2v) is 7.74. The van der Waals surface area contributed by atoms with Gasteiger partial charge in [0.05, 0.1) is 0 Å². The highest BCUT2D eigenvalue weighted by Gasteiger charge is 2.11. The molecule has 0 aliphatic carbocycles. The molecule has 0 aliphatic rings. The molecule has 8 nitrogen and oxygen atoms in total. The normalized spacial score (nSPS) is 10.9. The highest BCUT2D eigenvalue weighted by molar-refractivity contribution is 7.99. The summed E-state index contributed by atoms with van der Waals surface area (Å²) in [4.78, 5) is 17.5. The van der Waals surface area contributed by atoms with Crippen molar-refractivity contribution >= 4 is 34.7 Å². The number of hydrogen-bond donors (Lipinski definition) is 1. The molecule has 10 heteroatoms. The van der Waals surface area contributed by atoms with Crippen LogP contribution in [0.25, 0.3) is 11.4 Å². The van der Waals surface area contributed by atoms with E-state index < -0.39 is 0 Å². The molecule has 4 rings (SSSR count). The maximum atomic E-state index is 12.2. The molecule has 0 radical (unpaired) electrons. The number of nitrogens with one attached hydrogen (secondary N) is 1. The number of anilines is 1. The standard InChI is InChI=1S/C18H16N6O2S2/c1-24-11-19-22-18(24)28-14-4-2-13(3-5-14)20-15(25)6-7-16-21-17(23-26-16)12-8-9-27-10-12/h2-5,8-11H,6-7H2,1H3,(H,20,25). The van der Waals surface area contributed by atoms with Crippen molar-refractivity contribution in [1.82, 2.24) is 24.9 Å². The molecule has 0 fully saturated rings. The Morgan fingerprint density at radius 3 is 2.86 bits per heavy atom. The Hall–Kier alpha value is -2.98. The molecule has 3 aromatic heterocycles. The van der Waals surface area contributed by atoms with Crippen LogP contribution in [0.1, 0.15) is 12.3 Å². The number of nitrogens with zero attached hydrogens (tertiary/aromatic N) is 5. The lowest BCUT2D eigenvalue weighted by molar-refractivity contribution is -0.116. The number of hydrogen-bond acceptors (Lipinski definition) is 8. The highest BCUT2D eigenvalue weighted by atomic mass is 32.2. The van der Waals surface area contributed by atoms with Crippen LogP contribution < -0.4 is 5.32 Å². The number of carbonyl (C=O) groups is 1. The number of carbonyl (C=O) groups excluding carboxylic acids is 1. The molecular formula is C18H16N6O2S2. The van der Waals surface area contributed by atoms with Gasteiger partial charge in [-0.2, -0.15) is 16.3 Å². The van der Waals surface area contributed by atoms with Gasteiger partial charge in [0.25, 0.3) is 0 Å². The zero-order chi connectivity index (χ0) is 19.3. The van der Waals surface area contributed by atoms with Gasteiger partial charge in [-0.05, 0) is 47.5 Å². The van der Waals surface area contributed by atoms with Gasteiger partial charge in [0.2, 0.25) is 17.6 Å². The number of benzene rings is 1. The predicted molar refractivity (Wildman–Crippen MR) is 106 cm³/mol. The Morgan fingerprint density at radius 1 is 1.29 bits per heavy atom. The molecule has 0 saturated carbocycles. The van der Waals surface area contributed by atoms with Crippen LogP contribution in [0.2, 0.25) is 0 Å². The van der Waals surface area contributed by atoms with Gasteiger partial charge in [0.15, 0.2) is 5.16 Å². The van der Waals surface area contributed by atoms with Crippen molar-refractivity contribution in [2.75, 3.05) is 5.32 Å². The van der Waals surface area contributed by atoms with Gasteiger partial charge in [-0.1, -0.05) is 5.16 Å². The molecular weight excluding hydrogens is 396 g/mol. The Bertz CT molecular complexity index is 1060. The van der Waals surface area contributed by atoms with Crippen molar-refractivity contribution < 1.29 is 9.32 Å². The lowest BCUT2D eigenvalue weighted by Gasteiger charge is -2.05. The van der Waals surface area contributed by atoms with Crippen molar-refractivity contribution in [3.05, 3.63) is 53.3 Å². The minimum atomic E-state index is -0.107. The topological polar surface area (TPSA) is 98.7 Å². The average Bonchev–Trinajstić information content (AvgIpc) is 3.44. The van der Waals surface area contributed by atoms with Gasteiger partial charge in [0.1, 0.15) is 6.33 Å². The zero-order valence-corrected chi connectivity index (χ0v) is 16.5. The van der Waals surface area contributed by atoms with Crippen LogP contribution in [0.15, 0.2) is 62.0 Å². The fourth-order valence-corrected chi connectivity index (χ4v) is 3.78. The SMILES string of the molecule is Cn1cnnc1Sc1ccc(NC(=O)CCc2nc(-c3ccsc3)no2)cc1. The fourth-order valence-electron chi connectivity index (χ4n) is 2.39. The molecule has 1 N–H and O–H groups in total. The van der Waals surface area contributed by atoms with Crippen LogP contribution >= 0.6 is 23.1 Å². The van der Waals surface area contributed by atoms with Gasteiger partial charge < -0.3 is 14.4 Å². The Morgan fingerprint density at radius 2 is 2.14 bits per heavy atom. The third kappa shape index (κ3) is 4.46. The third-order valence-corrected chi connectivity index (χ3v) is 5.57. The first-order valence-corrected chi connectivity index (χ1v) is 10.2. The van der Waals surface area contributed by atoms with Gasteiger partial charge >= 0.3 is 0 Å². The molecule has 0 aliphatic heterocycles. The Kier molecular flexibility index (Phi) is 5.49. The van der Waals surface area contributed by atoms with E-state index in [4.69, 9.17) is 4.52 Å². The zero-order valence-electron chi connectivity index (χ0n) is 14.9. The van der Waals surface area contributed by atoms with E-state index in [0.717, 1.165) is 21.3 Å². The quantitative estimate of drug-likeness (QED) is 0.495. The van der Waals surface area contributed by atoms with Crippen molar-refractivity contribution in [2.45, 2.75) is 22.9 Å². The van der Waals surface area contributed by atoms with Crippen molar-refractivity contribution in [3.8, 4) is 11.4 Å². The summed E-state index contributed by atoms with van der Waals surface area (Å²) in [5.41, 5.74) is 1.65. The number of aryl methyl sites for hydroxylation is 2. The second-order valence-electron chi connectivity index (χ2n) is 5.92. The molecule has 1 aromatic carbocycles. The van der Waals surface area contributed by atoms with Crippen LogP contribution in [0.5, 0.6) is 0 Å². The fraction of sp³-hybridized carbons (Fsp3) is 0.167. The van der Waals surface area contributed by atoms with Crippen molar-refractivity contribution in [3.63, 3.8) is 0 Å². The molecule has 0 unspecified atom stereocenters. The monoisotopic (exact) mass is 412 g/mol. The van der Waals surface area contributed by atoms with Crippen LogP contribution in [-0.2, 0) is 18.3 Å². The van der Waals surface area contributed by atoms with Crippen molar-refractivity contribution in [1.29, 1.82) is 0 Å². The van der Waals surface area contributed by atoms with E-state index in [2.05, 4.69) is 25.7 Å². The summed E-state index contributed by atoms with van der Waals surface area (Å²) in [6, 6.07) is 9.51. The lowest BCUT2D eigenvalue weighted by atomic mass is 10.2. The molecule has 28 heavy (non-hydrogen) atoms. The molecule has 0 spiro atoms. The van der Waals surface area contributed by atoms with E-state index in [0.29, 0.717) is 18.1 Å². The average molecular weight is 413 g/mol. The van der Waals surface area contributed by atoms with E-state index in [-0.39, 0.29) is 12.3 Å². The first-order chi connectivity index (χ1) is 13.7. The number of aromatic nitrogens is 5. The second kappa shape index (κ2) is 8.36. The predicted octanol–water partition coefficient (Wildman–Crippen LogP) is 3.65. The summed E-state index contributed by atoms with van der Waals surface area (Å²) in [5, 5.41) is 19.4. The molecule has 0 saturated heterocycles. The van der Waals surface area contributed by atoms with Crippen molar-refractivity contribution in [2.24, 2.45) is 7.05 Å². The molecule has 0 bridgehead atoms. The number of thiophene rings is 1. The van der Waals surface area contributed by atoms with E-state index >= 15 is 0 Å². The summed E-state index contributed by atoms with van der Waals surface area (Å²) in [7, 11) is 1.89. The lowest BCUT2D eigenvalue weighted by Crippen LogP contribution is -2.12. The summed E-state index contributed by atoms with van der Waals surface area (Å²) < 4.78 is 7.06. The van der Waals surface area contributed by atoms with E-state index in [1.54, 1.807) is 17.7 Å². The first-order valence-electron chi connectivity index (χ1n) is 8.44. The van der Waals surface area contributed by atoms with Crippen LogP contribution in [0, 0.1) is 0 Å². The summed E-state index contributed by atoms with van der Waals surface area (Å²) in [6.45, 7) is 0. The van der Waals surface area contributed by atoms with Gasteiger partial charge in [-0.15, -0.1) is 10.2 Å². The molecule has 0 atom stereocenters. The molecule has 142 valence electrons. The van der Waals surface area contributed by atoms with Gasteiger partial charge in [0, 0.05) is 41.4 Å². The van der Waals surface area contributed by atoms with E-state index in [1.807, 2.05) is 52.7 Å². The van der Waals surface area contributed by atoms with Crippen LogP contribution in [0.4, 0.5) is 5.69 Å². The Labute approximate surface area is 169 Å². The molecule has 1 amide bonds. The summed E-state index contributed by atoms with van der Waals surface area (Å²) in [6.07, 6.45) is 2.31. The molecule has 4 aromatic rings. The summed E-state index contributed by atoms with van der Waals surface area (Å²) >= 11 is 3.08. The van der Waals surface area contributed by atoms with Gasteiger partial charge in [-0.25, -0.2) is 0 Å². The molecule has 3 heterocycles. The van der Waals surface area contributed by atoms with Crippen LogP contribution in [0.3, 0.4) is 0 Å².